The Bertz CT molecular complexity index is 678. The van der Waals surface area contributed by atoms with Crippen LogP contribution < -0.4 is 5.32 Å². The van der Waals surface area contributed by atoms with Crippen LogP contribution in [0, 0.1) is 0 Å². The zero-order chi connectivity index (χ0) is 16.8. The van der Waals surface area contributed by atoms with Crippen LogP contribution in [0.2, 0.25) is 0 Å². The fraction of sp³-hybridized carbons (Fsp3) is 0.409. The molecule has 126 valence electrons. The third-order valence-electron chi connectivity index (χ3n) is 5.00. The number of nitrogens with one attached hydrogen (secondary N) is 1. The van der Waals surface area contributed by atoms with E-state index in [4.69, 9.17) is 0 Å². The van der Waals surface area contributed by atoms with Crippen LogP contribution in [0.4, 0.5) is 0 Å². The van der Waals surface area contributed by atoms with E-state index in [9.17, 15) is 4.79 Å². The number of hydrogen-bond acceptors (Lipinski definition) is 1. The van der Waals surface area contributed by atoms with Crippen molar-refractivity contribution in [3.8, 4) is 0 Å². The van der Waals surface area contributed by atoms with Crippen molar-refractivity contribution in [3.05, 3.63) is 70.8 Å². The van der Waals surface area contributed by atoms with Gasteiger partial charge < -0.3 is 5.32 Å². The van der Waals surface area contributed by atoms with E-state index in [-0.39, 0.29) is 11.9 Å². The van der Waals surface area contributed by atoms with Gasteiger partial charge in [0.15, 0.2) is 0 Å². The largest absolute Gasteiger partial charge is 0.349 e. The van der Waals surface area contributed by atoms with Crippen LogP contribution in [-0.4, -0.2) is 5.91 Å². The number of rotatable bonds is 6. The van der Waals surface area contributed by atoms with Gasteiger partial charge in [-0.2, -0.15) is 0 Å². The zero-order valence-electron chi connectivity index (χ0n) is 14.6. The molecule has 0 unspecified atom stereocenters. The molecule has 0 fully saturated rings. The molecular weight excluding hydrogens is 294 g/mol. The van der Waals surface area contributed by atoms with Crippen LogP contribution in [-0.2, 0) is 24.1 Å². The lowest BCUT2D eigenvalue weighted by Crippen LogP contribution is -2.28. The second kappa shape index (κ2) is 8.14. The van der Waals surface area contributed by atoms with Gasteiger partial charge in [0.25, 0.3) is 0 Å². The number of carbonyl (C=O) groups excluding carboxylic acids is 1. The lowest BCUT2D eigenvalue weighted by Gasteiger charge is -2.21. The van der Waals surface area contributed by atoms with Gasteiger partial charge in [0, 0.05) is 6.42 Å². The summed E-state index contributed by atoms with van der Waals surface area (Å²) in [6, 6.07) is 17.1. The highest BCUT2D eigenvalue weighted by Gasteiger charge is 2.16. The summed E-state index contributed by atoms with van der Waals surface area (Å²) in [5.74, 6) is 0.142. The summed E-state index contributed by atoms with van der Waals surface area (Å²) in [6.45, 7) is 2.14. The highest BCUT2D eigenvalue weighted by Crippen LogP contribution is 2.26. The number of aryl methyl sites for hydroxylation is 3. The minimum absolute atomic E-state index is 0.125. The molecule has 1 aliphatic carbocycles. The van der Waals surface area contributed by atoms with Crippen molar-refractivity contribution in [3.63, 3.8) is 0 Å². The highest BCUT2D eigenvalue weighted by atomic mass is 16.1. The smallest absolute Gasteiger partial charge is 0.220 e. The van der Waals surface area contributed by atoms with Crippen LogP contribution in [0.25, 0.3) is 0 Å². The third kappa shape index (κ3) is 4.25. The van der Waals surface area contributed by atoms with Crippen molar-refractivity contribution >= 4 is 5.91 Å². The predicted octanol–water partition coefficient (Wildman–Crippen LogP) is 4.77. The molecule has 0 bridgehead atoms. The molecule has 0 spiro atoms. The molecule has 1 aliphatic rings. The summed E-state index contributed by atoms with van der Waals surface area (Å²) in [6.07, 6.45) is 7.25. The van der Waals surface area contributed by atoms with Crippen molar-refractivity contribution in [2.24, 2.45) is 0 Å². The van der Waals surface area contributed by atoms with Gasteiger partial charge in [-0.05, 0) is 60.8 Å². The molecular formula is C22H27NO. The molecule has 0 radical (unpaired) electrons. The minimum atomic E-state index is 0.125. The van der Waals surface area contributed by atoms with Gasteiger partial charge in [-0.1, -0.05) is 55.5 Å². The summed E-state index contributed by atoms with van der Waals surface area (Å²) < 4.78 is 0. The Morgan fingerprint density at radius 3 is 2.54 bits per heavy atom. The van der Waals surface area contributed by atoms with Gasteiger partial charge in [0.05, 0.1) is 6.04 Å². The van der Waals surface area contributed by atoms with E-state index in [1.54, 1.807) is 0 Å². The topological polar surface area (TPSA) is 29.1 Å². The first kappa shape index (κ1) is 16.8. The normalized spacial score (nSPS) is 14.7. The molecule has 2 aromatic carbocycles. The molecule has 1 amide bonds. The van der Waals surface area contributed by atoms with Crippen molar-refractivity contribution < 1.29 is 4.79 Å². The zero-order valence-corrected chi connectivity index (χ0v) is 14.6. The van der Waals surface area contributed by atoms with Gasteiger partial charge in [0.1, 0.15) is 0 Å². The van der Waals surface area contributed by atoms with E-state index >= 15 is 0 Å². The molecule has 0 saturated heterocycles. The highest BCUT2D eigenvalue weighted by molar-refractivity contribution is 5.76. The Kier molecular flexibility index (Phi) is 5.68. The Balaban J connectivity index is 1.60. The molecule has 24 heavy (non-hydrogen) atoms. The summed E-state index contributed by atoms with van der Waals surface area (Å²) in [5.41, 5.74) is 5.45. The van der Waals surface area contributed by atoms with E-state index in [1.165, 1.54) is 47.9 Å². The second-order valence-corrected chi connectivity index (χ2v) is 6.75. The lowest BCUT2D eigenvalue weighted by atomic mass is 9.89. The lowest BCUT2D eigenvalue weighted by molar-refractivity contribution is -0.121. The third-order valence-corrected chi connectivity index (χ3v) is 5.00. The number of amides is 1. The molecule has 0 aromatic heterocycles. The average Bonchev–Trinajstić information content (AvgIpc) is 2.65. The van der Waals surface area contributed by atoms with Crippen LogP contribution in [0.15, 0.2) is 48.5 Å². The standard InChI is InChI=1S/C22H27NO/c1-2-21(20-14-13-18-10-6-7-11-19(18)16-20)23-22(24)15-12-17-8-4-3-5-9-17/h3-5,8-9,13-14,16,21H,2,6-7,10-12,15H2,1H3,(H,23,24)/t21-/m1/s1. The second-order valence-electron chi connectivity index (χ2n) is 6.75. The molecule has 0 heterocycles. The molecule has 0 aliphatic heterocycles. The summed E-state index contributed by atoms with van der Waals surface area (Å²) in [4.78, 5) is 12.3. The van der Waals surface area contributed by atoms with Crippen LogP contribution in [0.3, 0.4) is 0 Å². The Morgan fingerprint density at radius 1 is 1.04 bits per heavy atom. The molecule has 2 aromatic rings. The van der Waals surface area contributed by atoms with E-state index in [0.717, 1.165) is 12.8 Å². The molecule has 1 N–H and O–H groups in total. The van der Waals surface area contributed by atoms with E-state index in [2.05, 4.69) is 42.6 Å². The molecule has 2 nitrogen and oxygen atoms in total. The quantitative estimate of drug-likeness (QED) is 0.816. The van der Waals surface area contributed by atoms with Crippen LogP contribution in [0.5, 0.6) is 0 Å². The first-order valence-corrected chi connectivity index (χ1v) is 9.21. The minimum Gasteiger partial charge on any atom is -0.349 e. The van der Waals surface area contributed by atoms with Crippen LogP contribution >= 0.6 is 0 Å². The Hall–Kier alpha value is -2.09. The first-order valence-electron chi connectivity index (χ1n) is 9.21. The van der Waals surface area contributed by atoms with Gasteiger partial charge in [0.2, 0.25) is 5.91 Å². The number of fused-ring (bicyclic) bond motifs is 1. The van der Waals surface area contributed by atoms with Crippen molar-refractivity contribution in [2.45, 2.75) is 57.9 Å². The molecule has 3 rings (SSSR count). The maximum atomic E-state index is 12.3. The predicted molar refractivity (Wildman–Crippen MR) is 99.0 cm³/mol. The Morgan fingerprint density at radius 2 is 1.79 bits per heavy atom. The summed E-state index contributed by atoms with van der Waals surface area (Å²) in [7, 11) is 0. The van der Waals surface area contributed by atoms with Crippen molar-refractivity contribution in [1.82, 2.24) is 5.32 Å². The van der Waals surface area contributed by atoms with Gasteiger partial charge in [-0.3, -0.25) is 4.79 Å². The fourth-order valence-corrected chi connectivity index (χ4v) is 3.56. The summed E-state index contributed by atoms with van der Waals surface area (Å²) in [5, 5.41) is 3.22. The monoisotopic (exact) mass is 321 g/mol. The van der Waals surface area contributed by atoms with Gasteiger partial charge in [-0.15, -0.1) is 0 Å². The Labute approximate surface area is 145 Å². The number of benzene rings is 2. The average molecular weight is 321 g/mol. The summed E-state index contributed by atoms with van der Waals surface area (Å²) >= 11 is 0. The SMILES string of the molecule is CC[C@@H](NC(=O)CCc1ccccc1)c1ccc2c(c1)CCCC2. The molecule has 1 atom stereocenters. The number of carbonyl (C=O) groups is 1. The van der Waals surface area contributed by atoms with Crippen molar-refractivity contribution in [2.75, 3.05) is 0 Å². The van der Waals surface area contributed by atoms with E-state index < -0.39 is 0 Å². The number of hydrogen-bond donors (Lipinski definition) is 1. The molecule has 2 heteroatoms. The maximum Gasteiger partial charge on any atom is 0.220 e. The van der Waals surface area contributed by atoms with Crippen molar-refractivity contribution in [1.29, 1.82) is 0 Å². The van der Waals surface area contributed by atoms with Gasteiger partial charge >= 0.3 is 0 Å². The van der Waals surface area contributed by atoms with E-state index in [1.807, 2.05) is 18.2 Å². The van der Waals surface area contributed by atoms with E-state index in [0.29, 0.717) is 6.42 Å². The fourth-order valence-electron chi connectivity index (χ4n) is 3.56. The maximum absolute atomic E-state index is 12.3. The van der Waals surface area contributed by atoms with Gasteiger partial charge in [-0.25, -0.2) is 0 Å². The first-order chi connectivity index (χ1) is 11.8. The van der Waals surface area contributed by atoms with Crippen LogP contribution in [0.1, 0.15) is 60.9 Å². The molecule has 0 saturated carbocycles.